The van der Waals surface area contributed by atoms with Crippen molar-refractivity contribution in [1.82, 2.24) is 4.72 Å². The van der Waals surface area contributed by atoms with Crippen LogP contribution in [0.4, 0.5) is 5.69 Å². The lowest BCUT2D eigenvalue weighted by atomic mass is 10.1. The fraction of sp³-hybridized carbons (Fsp3) is 0.429. The molecule has 2 rings (SSSR count). The van der Waals surface area contributed by atoms with Crippen LogP contribution >= 0.6 is 0 Å². The number of carbonyl (C=O) groups excluding carboxylic acids is 1. The summed E-state index contributed by atoms with van der Waals surface area (Å²) in [5, 5.41) is 0. The number of rotatable bonds is 4. The number of sulfonamides is 1. The van der Waals surface area contributed by atoms with Gasteiger partial charge >= 0.3 is 0 Å². The van der Waals surface area contributed by atoms with Crippen molar-refractivity contribution in [3.05, 3.63) is 23.8 Å². The first-order valence-electron chi connectivity index (χ1n) is 7.31. The van der Waals surface area contributed by atoms with Gasteiger partial charge in [0, 0.05) is 18.8 Å². The minimum atomic E-state index is -3.66. The van der Waals surface area contributed by atoms with Crippen LogP contribution in [0.15, 0.2) is 28.1 Å². The normalized spacial score (nSPS) is 15.3. The van der Waals surface area contributed by atoms with Crippen LogP contribution in [-0.2, 0) is 10.0 Å². The van der Waals surface area contributed by atoms with Gasteiger partial charge in [-0.2, -0.15) is 4.99 Å². The van der Waals surface area contributed by atoms with E-state index in [1.54, 1.807) is 6.07 Å². The molecule has 9 heteroatoms. The van der Waals surface area contributed by atoms with Gasteiger partial charge in [0.25, 0.3) is 5.91 Å². The van der Waals surface area contributed by atoms with Crippen molar-refractivity contribution in [2.45, 2.75) is 24.2 Å². The highest BCUT2D eigenvalue weighted by Crippen LogP contribution is 2.27. The molecule has 23 heavy (non-hydrogen) atoms. The van der Waals surface area contributed by atoms with Gasteiger partial charge in [-0.05, 0) is 44.5 Å². The SMILES string of the molecule is CNS(=O)(=O)c1ccc(N2CCCCC2)c(C(=O)N=C(N)N)c1. The molecule has 126 valence electrons. The summed E-state index contributed by atoms with van der Waals surface area (Å²) in [6.07, 6.45) is 3.18. The van der Waals surface area contributed by atoms with E-state index in [2.05, 4.69) is 14.6 Å². The van der Waals surface area contributed by atoms with Crippen molar-refractivity contribution in [3.8, 4) is 0 Å². The molecular weight excluding hydrogens is 318 g/mol. The average molecular weight is 339 g/mol. The fourth-order valence-electron chi connectivity index (χ4n) is 2.56. The van der Waals surface area contributed by atoms with Crippen molar-refractivity contribution < 1.29 is 13.2 Å². The highest BCUT2D eigenvalue weighted by molar-refractivity contribution is 7.89. The summed E-state index contributed by atoms with van der Waals surface area (Å²) >= 11 is 0. The Balaban J connectivity index is 2.53. The van der Waals surface area contributed by atoms with Crippen LogP contribution < -0.4 is 21.1 Å². The summed E-state index contributed by atoms with van der Waals surface area (Å²) in [7, 11) is -2.35. The largest absolute Gasteiger partial charge is 0.371 e. The number of hydrogen-bond acceptors (Lipinski definition) is 4. The van der Waals surface area contributed by atoms with Gasteiger partial charge in [0.1, 0.15) is 0 Å². The zero-order valence-corrected chi connectivity index (χ0v) is 13.8. The Kier molecular flexibility index (Phi) is 5.22. The number of nitrogens with one attached hydrogen (secondary N) is 1. The van der Waals surface area contributed by atoms with Gasteiger partial charge in [0.05, 0.1) is 10.5 Å². The predicted molar refractivity (Wildman–Crippen MR) is 88.9 cm³/mol. The minimum Gasteiger partial charge on any atom is -0.371 e. The predicted octanol–water partition coefficient (Wildman–Crippen LogP) is -0.00140. The lowest BCUT2D eigenvalue weighted by Gasteiger charge is -2.30. The van der Waals surface area contributed by atoms with Gasteiger partial charge < -0.3 is 16.4 Å². The molecule has 1 heterocycles. The first kappa shape index (κ1) is 17.2. The summed E-state index contributed by atoms with van der Waals surface area (Å²) in [5.74, 6) is -1.01. The molecule has 8 nitrogen and oxygen atoms in total. The quantitative estimate of drug-likeness (QED) is 0.523. The number of amides is 1. The molecule has 1 amide bonds. The Morgan fingerprint density at radius 1 is 1.22 bits per heavy atom. The smallest absolute Gasteiger partial charge is 0.282 e. The molecule has 0 aromatic heterocycles. The number of piperidine rings is 1. The summed E-state index contributed by atoms with van der Waals surface area (Å²) < 4.78 is 26.2. The van der Waals surface area contributed by atoms with Crippen molar-refractivity contribution in [2.75, 3.05) is 25.0 Å². The molecule has 1 fully saturated rings. The molecule has 0 spiro atoms. The molecule has 1 aromatic rings. The second kappa shape index (κ2) is 6.97. The van der Waals surface area contributed by atoms with E-state index >= 15 is 0 Å². The van der Waals surface area contributed by atoms with Gasteiger partial charge in [-0.1, -0.05) is 0 Å². The van der Waals surface area contributed by atoms with Crippen molar-refractivity contribution in [3.63, 3.8) is 0 Å². The zero-order chi connectivity index (χ0) is 17.0. The van der Waals surface area contributed by atoms with Crippen molar-refractivity contribution in [1.29, 1.82) is 0 Å². The molecule has 1 saturated heterocycles. The van der Waals surface area contributed by atoms with E-state index in [0.29, 0.717) is 5.69 Å². The third-order valence-corrected chi connectivity index (χ3v) is 5.12. The molecule has 0 radical (unpaired) electrons. The Bertz CT molecular complexity index is 720. The van der Waals surface area contributed by atoms with Crippen LogP contribution in [0.25, 0.3) is 0 Å². The molecule has 1 aliphatic heterocycles. The molecule has 0 atom stereocenters. The van der Waals surface area contributed by atoms with Gasteiger partial charge in [0.2, 0.25) is 10.0 Å². The maximum atomic E-state index is 12.3. The maximum absolute atomic E-state index is 12.3. The lowest BCUT2D eigenvalue weighted by Crippen LogP contribution is -2.31. The lowest BCUT2D eigenvalue weighted by molar-refractivity contribution is 0.100. The van der Waals surface area contributed by atoms with Crippen LogP contribution in [0.5, 0.6) is 0 Å². The average Bonchev–Trinajstić information content (AvgIpc) is 2.54. The molecule has 1 aliphatic rings. The number of nitrogens with two attached hydrogens (primary N) is 2. The fourth-order valence-corrected chi connectivity index (χ4v) is 3.32. The number of hydrogen-bond donors (Lipinski definition) is 3. The third kappa shape index (κ3) is 3.99. The topological polar surface area (TPSA) is 131 Å². The van der Waals surface area contributed by atoms with E-state index in [0.717, 1.165) is 32.4 Å². The van der Waals surface area contributed by atoms with E-state index in [4.69, 9.17) is 11.5 Å². The number of carbonyl (C=O) groups is 1. The third-order valence-electron chi connectivity index (χ3n) is 3.70. The van der Waals surface area contributed by atoms with Crippen molar-refractivity contribution >= 4 is 27.6 Å². The Labute approximate surface area is 135 Å². The Morgan fingerprint density at radius 3 is 2.43 bits per heavy atom. The molecule has 0 bridgehead atoms. The first-order valence-corrected chi connectivity index (χ1v) is 8.80. The van der Waals surface area contributed by atoms with E-state index in [9.17, 15) is 13.2 Å². The molecule has 1 aromatic carbocycles. The number of nitrogens with zero attached hydrogens (tertiary/aromatic N) is 2. The van der Waals surface area contributed by atoms with Crippen LogP contribution in [-0.4, -0.2) is 40.4 Å². The van der Waals surface area contributed by atoms with Crippen molar-refractivity contribution in [2.24, 2.45) is 16.5 Å². The molecular formula is C14H21N5O3S. The summed E-state index contributed by atoms with van der Waals surface area (Å²) in [6.45, 7) is 1.61. The van der Waals surface area contributed by atoms with E-state index in [1.165, 1.54) is 19.2 Å². The number of aliphatic imine (C=N–C) groups is 1. The molecule has 0 saturated carbocycles. The van der Waals surface area contributed by atoms with Gasteiger partial charge in [0.15, 0.2) is 5.96 Å². The van der Waals surface area contributed by atoms with Crippen LogP contribution in [0.2, 0.25) is 0 Å². The van der Waals surface area contributed by atoms with Crippen LogP contribution in [0, 0.1) is 0 Å². The van der Waals surface area contributed by atoms with E-state index in [-0.39, 0.29) is 16.4 Å². The Hall–Kier alpha value is -2.13. The van der Waals surface area contributed by atoms with Crippen LogP contribution in [0.1, 0.15) is 29.6 Å². The molecule has 0 aliphatic carbocycles. The summed E-state index contributed by atoms with van der Waals surface area (Å²) in [5.41, 5.74) is 11.4. The monoisotopic (exact) mass is 339 g/mol. The minimum absolute atomic E-state index is 0.00472. The van der Waals surface area contributed by atoms with Crippen LogP contribution in [0.3, 0.4) is 0 Å². The molecule has 0 unspecified atom stereocenters. The highest BCUT2D eigenvalue weighted by atomic mass is 32.2. The zero-order valence-electron chi connectivity index (χ0n) is 12.9. The van der Waals surface area contributed by atoms with Gasteiger partial charge in [-0.25, -0.2) is 13.1 Å². The van der Waals surface area contributed by atoms with Gasteiger partial charge in [-0.3, -0.25) is 4.79 Å². The van der Waals surface area contributed by atoms with Gasteiger partial charge in [-0.15, -0.1) is 0 Å². The van der Waals surface area contributed by atoms with E-state index < -0.39 is 15.9 Å². The second-order valence-corrected chi connectivity index (χ2v) is 7.16. The maximum Gasteiger partial charge on any atom is 0.282 e. The second-order valence-electron chi connectivity index (χ2n) is 5.28. The number of benzene rings is 1. The summed E-state index contributed by atoms with van der Waals surface area (Å²) in [6, 6.07) is 4.41. The molecule has 5 N–H and O–H groups in total. The Morgan fingerprint density at radius 2 is 1.87 bits per heavy atom. The van der Waals surface area contributed by atoms with E-state index in [1.807, 2.05) is 0 Å². The summed E-state index contributed by atoms with van der Waals surface area (Å²) in [4.78, 5) is 17.9. The number of anilines is 1. The number of guanidine groups is 1. The highest BCUT2D eigenvalue weighted by Gasteiger charge is 2.22. The standard InChI is InChI=1S/C14H21N5O3S/c1-17-23(21,22)10-5-6-12(19-7-3-2-4-8-19)11(9-10)13(20)18-14(15)16/h5-6,9,17H,2-4,7-8H2,1H3,(H4,15,16,18,20). The first-order chi connectivity index (χ1) is 10.8.